The van der Waals surface area contributed by atoms with Crippen LogP contribution >= 0.6 is 0 Å². The Morgan fingerprint density at radius 2 is 2.13 bits per heavy atom. The molecule has 0 fully saturated rings. The van der Waals surface area contributed by atoms with Crippen LogP contribution in [0.1, 0.15) is 17.7 Å². The quantitative estimate of drug-likeness (QED) is 0.672. The lowest BCUT2D eigenvalue weighted by Crippen LogP contribution is -2.07. The van der Waals surface area contributed by atoms with Gasteiger partial charge in [-0.15, -0.1) is 0 Å². The summed E-state index contributed by atoms with van der Waals surface area (Å²) in [6.45, 7) is 0. The van der Waals surface area contributed by atoms with Gasteiger partial charge in [-0.1, -0.05) is 24.3 Å². The van der Waals surface area contributed by atoms with E-state index in [-0.39, 0.29) is 6.10 Å². The lowest BCUT2D eigenvalue weighted by Gasteiger charge is -2.05. The van der Waals surface area contributed by atoms with Crippen LogP contribution in [0, 0.1) is 0 Å². The van der Waals surface area contributed by atoms with Gasteiger partial charge in [0.05, 0.1) is 6.10 Å². The monoisotopic (exact) mass is 199 g/mol. The van der Waals surface area contributed by atoms with E-state index in [0.29, 0.717) is 0 Å². The molecule has 2 aromatic rings. The van der Waals surface area contributed by atoms with E-state index >= 15 is 0 Å². The number of aromatic nitrogens is 1. The van der Waals surface area contributed by atoms with Gasteiger partial charge in [0.1, 0.15) is 0 Å². The molecular weight excluding hydrogens is 186 g/mol. The summed E-state index contributed by atoms with van der Waals surface area (Å²) in [4.78, 5) is 3.38. The second-order valence-corrected chi connectivity index (χ2v) is 4.06. The van der Waals surface area contributed by atoms with Crippen LogP contribution in [-0.2, 0) is 6.42 Å². The van der Waals surface area contributed by atoms with Crippen LogP contribution in [0.25, 0.3) is 17.0 Å². The number of aliphatic hydroxyl groups is 1. The van der Waals surface area contributed by atoms with E-state index in [1.54, 1.807) is 0 Å². The predicted octanol–water partition coefficient (Wildman–Crippen LogP) is 2.49. The van der Waals surface area contributed by atoms with Gasteiger partial charge < -0.3 is 10.1 Å². The molecule has 0 unspecified atom stereocenters. The van der Waals surface area contributed by atoms with Gasteiger partial charge in [0, 0.05) is 23.0 Å². The molecule has 0 bridgehead atoms. The summed E-state index contributed by atoms with van der Waals surface area (Å²) >= 11 is 0. The van der Waals surface area contributed by atoms with Gasteiger partial charge in [-0.05, 0) is 24.1 Å². The summed E-state index contributed by atoms with van der Waals surface area (Å²) in [5.74, 6) is 0. The smallest absolute Gasteiger partial charge is 0.0616 e. The second kappa shape index (κ2) is 3.24. The zero-order chi connectivity index (χ0) is 10.3. The topological polar surface area (TPSA) is 36.0 Å². The van der Waals surface area contributed by atoms with Crippen molar-refractivity contribution in [1.29, 1.82) is 0 Å². The van der Waals surface area contributed by atoms with Crippen LogP contribution in [0.5, 0.6) is 0 Å². The number of hydrogen-bond donors (Lipinski definition) is 2. The number of H-pyrrole nitrogens is 1. The zero-order valence-corrected chi connectivity index (χ0v) is 8.40. The van der Waals surface area contributed by atoms with E-state index < -0.39 is 0 Å². The molecule has 1 aromatic heterocycles. The van der Waals surface area contributed by atoms with Gasteiger partial charge >= 0.3 is 0 Å². The summed E-state index contributed by atoms with van der Waals surface area (Å²) in [5, 5.41) is 11.0. The zero-order valence-electron chi connectivity index (χ0n) is 8.40. The Bertz CT molecular complexity index is 524. The molecule has 0 saturated carbocycles. The summed E-state index contributed by atoms with van der Waals surface area (Å²) in [7, 11) is 0. The molecule has 1 atom stereocenters. The fourth-order valence-corrected chi connectivity index (χ4v) is 2.24. The number of aromatic amines is 1. The van der Waals surface area contributed by atoms with Crippen molar-refractivity contribution in [2.75, 3.05) is 0 Å². The van der Waals surface area contributed by atoms with E-state index in [2.05, 4.69) is 23.2 Å². The highest BCUT2D eigenvalue weighted by Crippen LogP contribution is 2.27. The molecule has 0 saturated heterocycles. The maximum Gasteiger partial charge on any atom is 0.0616 e. The Morgan fingerprint density at radius 1 is 1.27 bits per heavy atom. The number of hydrogen-bond acceptors (Lipinski definition) is 1. The molecule has 0 spiro atoms. The summed E-state index contributed by atoms with van der Waals surface area (Å²) in [6, 6.07) is 8.25. The van der Waals surface area contributed by atoms with Gasteiger partial charge in [0.2, 0.25) is 0 Å². The van der Waals surface area contributed by atoms with Gasteiger partial charge in [0.25, 0.3) is 0 Å². The lowest BCUT2D eigenvalue weighted by atomic mass is 10.0. The van der Waals surface area contributed by atoms with Crippen molar-refractivity contribution >= 4 is 17.0 Å². The Balaban J connectivity index is 2.27. The van der Waals surface area contributed by atoms with Gasteiger partial charge in [0.15, 0.2) is 0 Å². The van der Waals surface area contributed by atoms with Crippen molar-refractivity contribution in [3.63, 3.8) is 0 Å². The third-order valence-electron chi connectivity index (χ3n) is 2.98. The fraction of sp³-hybridized carbons (Fsp3) is 0.231. The first kappa shape index (κ1) is 8.74. The third kappa shape index (κ3) is 1.38. The minimum absolute atomic E-state index is 0.248. The summed E-state index contributed by atoms with van der Waals surface area (Å²) in [5.41, 5.74) is 3.54. The number of para-hydroxylation sites is 1. The fourth-order valence-electron chi connectivity index (χ4n) is 2.24. The van der Waals surface area contributed by atoms with Gasteiger partial charge in [-0.2, -0.15) is 0 Å². The summed E-state index contributed by atoms with van der Waals surface area (Å²) in [6.07, 6.45) is 5.35. The van der Waals surface area contributed by atoms with Crippen LogP contribution in [0.15, 0.2) is 30.3 Å². The first-order chi connectivity index (χ1) is 7.34. The highest BCUT2D eigenvalue weighted by molar-refractivity contribution is 5.87. The second-order valence-electron chi connectivity index (χ2n) is 4.06. The maximum atomic E-state index is 9.75. The van der Waals surface area contributed by atoms with Crippen LogP contribution in [0.2, 0.25) is 0 Å². The number of rotatable bonds is 0. The molecule has 0 aliphatic heterocycles. The molecule has 0 radical (unpaired) electrons. The van der Waals surface area contributed by atoms with Crippen LogP contribution in [0.4, 0.5) is 0 Å². The highest BCUT2D eigenvalue weighted by Gasteiger charge is 2.15. The standard InChI is InChI=1S/C13H13NO/c15-9-4-3-7-13-11(8-9)10-5-1-2-6-12(10)14-13/h1-3,5-7,9,14-15H,4,8H2/t9-/m0/s1. The number of aliphatic hydroxyl groups excluding tert-OH is 1. The third-order valence-corrected chi connectivity index (χ3v) is 2.98. The van der Waals surface area contributed by atoms with E-state index in [9.17, 15) is 5.11 Å². The molecule has 1 aromatic carbocycles. The van der Waals surface area contributed by atoms with Crippen LogP contribution in [-0.4, -0.2) is 16.2 Å². The Kier molecular flexibility index (Phi) is 1.89. The van der Waals surface area contributed by atoms with Crippen LogP contribution < -0.4 is 0 Å². The molecule has 15 heavy (non-hydrogen) atoms. The maximum absolute atomic E-state index is 9.75. The van der Waals surface area contributed by atoms with Gasteiger partial charge in [-0.25, -0.2) is 0 Å². The normalized spacial score (nSPS) is 20.2. The number of benzene rings is 1. The van der Waals surface area contributed by atoms with E-state index in [0.717, 1.165) is 24.1 Å². The predicted molar refractivity (Wildman–Crippen MR) is 61.7 cm³/mol. The first-order valence-corrected chi connectivity index (χ1v) is 5.29. The molecule has 1 aliphatic rings. The van der Waals surface area contributed by atoms with Crippen molar-refractivity contribution in [2.24, 2.45) is 0 Å². The molecule has 1 heterocycles. The Hall–Kier alpha value is -1.54. The summed E-state index contributed by atoms with van der Waals surface area (Å²) < 4.78 is 0. The lowest BCUT2D eigenvalue weighted by molar-refractivity contribution is 0.179. The minimum atomic E-state index is -0.248. The molecular formula is C13H13NO. The van der Waals surface area contributed by atoms with E-state index in [1.807, 2.05) is 18.2 Å². The van der Waals surface area contributed by atoms with Crippen LogP contribution in [0.3, 0.4) is 0 Å². The Morgan fingerprint density at radius 3 is 3.07 bits per heavy atom. The molecule has 2 N–H and O–H groups in total. The van der Waals surface area contributed by atoms with Crippen molar-refractivity contribution in [1.82, 2.24) is 4.98 Å². The van der Waals surface area contributed by atoms with E-state index in [1.165, 1.54) is 10.9 Å². The highest BCUT2D eigenvalue weighted by atomic mass is 16.3. The van der Waals surface area contributed by atoms with E-state index in [4.69, 9.17) is 0 Å². The SMILES string of the molecule is O[C@H]1CC=Cc2[nH]c3ccccc3c2C1. The van der Waals surface area contributed by atoms with Gasteiger partial charge in [-0.3, -0.25) is 0 Å². The molecule has 76 valence electrons. The Labute approximate surface area is 88.2 Å². The van der Waals surface area contributed by atoms with Crippen molar-refractivity contribution in [2.45, 2.75) is 18.9 Å². The first-order valence-electron chi connectivity index (χ1n) is 5.29. The molecule has 0 amide bonds. The number of nitrogens with one attached hydrogen (secondary N) is 1. The van der Waals surface area contributed by atoms with Crippen molar-refractivity contribution in [3.05, 3.63) is 41.6 Å². The molecule has 2 nitrogen and oxygen atoms in total. The van der Waals surface area contributed by atoms with Crippen molar-refractivity contribution in [3.8, 4) is 0 Å². The molecule has 2 heteroatoms. The van der Waals surface area contributed by atoms with Crippen molar-refractivity contribution < 1.29 is 5.11 Å². The minimum Gasteiger partial charge on any atom is -0.392 e. The number of fused-ring (bicyclic) bond motifs is 3. The largest absolute Gasteiger partial charge is 0.392 e. The average Bonchev–Trinajstić information content (AvgIpc) is 2.47. The molecule has 3 rings (SSSR count). The average molecular weight is 199 g/mol. The molecule has 1 aliphatic carbocycles.